The Morgan fingerprint density at radius 3 is 3.25 bits per heavy atom. The molecule has 0 bridgehead atoms. The fourth-order valence-corrected chi connectivity index (χ4v) is 2.88. The second-order valence-corrected chi connectivity index (χ2v) is 4.78. The summed E-state index contributed by atoms with van der Waals surface area (Å²) in [6.45, 7) is 4.30. The van der Waals surface area contributed by atoms with Crippen LogP contribution in [0.2, 0.25) is 0 Å². The van der Waals surface area contributed by atoms with Gasteiger partial charge in [0.25, 0.3) is 0 Å². The van der Waals surface area contributed by atoms with Gasteiger partial charge in [-0.3, -0.25) is 0 Å². The van der Waals surface area contributed by atoms with Gasteiger partial charge in [-0.15, -0.1) is 0 Å². The van der Waals surface area contributed by atoms with Crippen molar-refractivity contribution in [2.45, 2.75) is 32.0 Å². The minimum atomic E-state index is 0.431. The van der Waals surface area contributed by atoms with Crippen LogP contribution in [0, 0.1) is 5.92 Å². The van der Waals surface area contributed by atoms with Gasteiger partial charge >= 0.3 is 0 Å². The molecule has 0 saturated carbocycles. The van der Waals surface area contributed by atoms with Crippen molar-refractivity contribution in [1.82, 2.24) is 9.97 Å². The molecule has 4 nitrogen and oxygen atoms in total. The standard InChI is InChI=1S/C12H17N3O/c1-9-6-10-7-15(5-3-11(10)16-9)12-2-4-13-8-14-12/h2,4,8-11H,3,5-7H2,1H3/t9-,10-,11-/m1/s1. The lowest BCUT2D eigenvalue weighted by Gasteiger charge is -2.34. The van der Waals surface area contributed by atoms with Gasteiger partial charge in [0.1, 0.15) is 12.1 Å². The molecule has 0 spiro atoms. The van der Waals surface area contributed by atoms with Gasteiger partial charge in [0, 0.05) is 25.2 Å². The molecule has 3 atom stereocenters. The molecule has 86 valence electrons. The summed E-state index contributed by atoms with van der Waals surface area (Å²) < 4.78 is 5.89. The molecule has 16 heavy (non-hydrogen) atoms. The van der Waals surface area contributed by atoms with Crippen LogP contribution in [0.4, 0.5) is 5.82 Å². The Hall–Kier alpha value is -1.16. The summed E-state index contributed by atoms with van der Waals surface area (Å²) in [6, 6.07) is 1.99. The molecule has 0 aliphatic carbocycles. The molecule has 0 amide bonds. The van der Waals surface area contributed by atoms with Crippen LogP contribution < -0.4 is 4.90 Å². The topological polar surface area (TPSA) is 38.2 Å². The Balaban J connectivity index is 1.72. The summed E-state index contributed by atoms with van der Waals surface area (Å²) in [6.07, 6.45) is 6.65. The lowest BCUT2D eigenvalue weighted by atomic mass is 9.93. The highest BCUT2D eigenvalue weighted by molar-refractivity contribution is 5.37. The maximum Gasteiger partial charge on any atom is 0.131 e. The SMILES string of the molecule is C[C@@H]1C[C@@H]2CN(c3ccncn3)CC[C@H]2O1. The fourth-order valence-electron chi connectivity index (χ4n) is 2.88. The van der Waals surface area contributed by atoms with Gasteiger partial charge in [-0.25, -0.2) is 9.97 Å². The van der Waals surface area contributed by atoms with Crippen LogP contribution in [0.1, 0.15) is 19.8 Å². The minimum Gasteiger partial charge on any atom is -0.375 e. The molecule has 2 aliphatic rings. The molecular weight excluding hydrogens is 202 g/mol. The third-order valence-electron chi connectivity index (χ3n) is 3.60. The molecule has 2 fully saturated rings. The van der Waals surface area contributed by atoms with Crippen LogP contribution >= 0.6 is 0 Å². The first-order chi connectivity index (χ1) is 7.83. The van der Waals surface area contributed by atoms with E-state index in [1.165, 1.54) is 6.42 Å². The van der Waals surface area contributed by atoms with E-state index in [0.29, 0.717) is 18.1 Å². The highest BCUT2D eigenvalue weighted by Crippen LogP contribution is 2.33. The molecule has 0 N–H and O–H groups in total. The van der Waals surface area contributed by atoms with Crippen LogP contribution in [-0.4, -0.2) is 35.3 Å². The Bertz CT molecular complexity index is 357. The van der Waals surface area contributed by atoms with E-state index < -0.39 is 0 Å². The molecule has 1 aromatic rings. The molecule has 0 radical (unpaired) electrons. The quantitative estimate of drug-likeness (QED) is 0.717. The van der Waals surface area contributed by atoms with Gasteiger partial charge in [0.15, 0.2) is 0 Å². The van der Waals surface area contributed by atoms with E-state index in [0.717, 1.165) is 25.3 Å². The van der Waals surface area contributed by atoms with Crippen LogP contribution in [0.15, 0.2) is 18.6 Å². The zero-order valence-corrected chi connectivity index (χ0v) is 9.54. The predicted molar refractivity (Wildman–Crippen MR) is 61.3 cm³/mol. The summed E-state index contributed by atoms with van der Waals surface area (Å²) >= 11 is 0. The van der Waals surface area contributed by atoms with Crippen LogP contribution in [0.25, 0.3) is 0 Å². The maximum atomic E-state index is 5.89. The third-order valence-corrected chi connectivity index (χ3v) is 3.60. The Labute approximate surface area is 95.7 Å². The van der Waals surface area contributed by atoms with Crippen LogP contribution in [0.3, 0.4) is 0 Å². The number of ether oxygens (including phenoxy) is 1. The second kappa shape index (κ2) is 4.01. The zero-order chi connectivity index (χ0) is 11.0. The summed E-state index contributed by atoms with van der Waals surface area (Å²) in [4.78, 5) is 10.6. The lowest BCUT2D eigenvalue weighted by Crippen LogP contribution is -2.41. The first-order valence-electron chi connectivity index (χ1n) is 5.99. The van der Waals surface area contributed by atoms with Gasteiger partial charge in [-0.2, -0.15) is 0 Å². The fraction of sp³-hybridized carbons (Fsp3) is 0.667. The van der Waals surface area contributed by atoms with Gasteiger partial charge in [0.2, 0.25) is 0 Å². The van der Waals surface area contributed by atoms with E-state index in [-0.39, 0.29) is 0 Å². The normalized spacial score (nSPS) is 33.8. The average Bonchev–Trinajstić information content (AvgIpc) is 2.69. The molecule has 1 aromatic heterocycles. The van der Waals surface area contributed by atoms with Crippen molar-refractivity contribution in [3.8, 4) is 0 Å². The highest BCUT2D eigenvalue weighted by Gasteiger charge is 2.37. The van der Waals surface area contributed by atoms with Gasteiger partial charge in [-0.1, -0.05) is 0 Å². The largest absolute Gasteiger partial charge is 0.375 e. The third kappa shape index (κ3) is 1.78. The Morgan fingerprint density at radius 1 is 1.50 bits per heavy atom. The summed E-state index contributed by atoms with van der Waals surface area (Å²) in [7, 11) is 0. The predicted octanol–water partition coefficient (Wildman–Crippen LogP) is 1.48. The molecule has 2 aliphatic heterocycles. The Kier molecular flexibility index (Phi) is 2.52. The van der Waals surface area contributed by atoms with E-state index >= 15 is 0 Å². The smallest absolute Gasteiger partial charge is 0.131 e. The molecule has 4 heteroatoms. The second-order valence-electron chi connectivity index (χ2n) is 4.78. The van der Waals surface area contributed by atoms with Gasteiger partial charge in [-0.05, 0) is 25.8 Å². The number of hydrogen-bond donors (Lipinski definition) is 0. The van der Waals surface area contributed by atoms with E-state index in [1.54, 1.807) is 6.33 Å². The highest BCUT2D eigenvalue weighted by atomic mass is 16.5. The van der Waals surface area contributed by atoms with Crippen molar-refractivity contribution in [3.05, 3.63) is 18.6 Å². The average molecular weight is 219 g/mol. The number of anilines is 1. The number of aromatic nitrogens is 2. The van der Waals surface area contributed by atoms with E-state index in [1.807, 2.05) is 12.3 Å². The number of hydrogen-bond acceptors (Lipinski definition) is 4. The van der Waals surface area contributed by atoms with E-state index in [2.05, 4.69) is 21.8 Å². The summed E-state index contributed by atoms with van der Waals surface area (Å²) in [5.41, 5.74) is 0. The van der Waals surface area contributed by atoms with Crippen molar-refractivity contribution in [2.75, 3.05) is 18.0 Å². The van der Waals surface area contributed by atoms with Crippen molar-refractivity contribution < 1.29 is 4.74 Å². The summed E-state index contributed by atoms with van der Waals surface area (Å²) in [5, 5.41) is 0. The zero-order valence-electron chi connectivity index (χ0n) is 9.54. The lowest BCUT2D eigenvalue weighted by molar-refractivity contribution is 0.0346. The van der Waals surface area contributed by atoms with Crippen LogP contribution in [-0.2, 0) is 4.74 Å². The van der Waals surface area contributed by atoms with E-state index in [9.17, 15) is 0 Å². The van der Waals surface area contributed by atoms with Crippen molar-refractivity contribution >= 4 is 5.82 Å². The number of nitrogens with zero attached hydrogens (tertiary/aromatic N) is 3. The van der Waals surface area contributed by atoms with Crippen LogP contribution in [0.5, 0.6) is 0 Å². The molecule has 3 heterocycles. The van der Waals surface area contributed by atoms with Crippen molar-refractivity contribution in [3.63, 3.8) is 0 Å². The first kappa shape index (κ1) is 10.0. The minimum absolute atomic E-state index is 0.431. The Morgan fingerprint density at radius 2 is 2.44 bits per heavy atom. The van der Waals surface area contributed by atoms with Crippen molar-refractivity contribution in [1.29, 1.82) is 0 Å². The number of rotatable bonds is 1. The summed E-state index contributed by atoms with van der Waals surface area (Å²) in [5.74, 6) is 1.73. The molecular formula is C12H17N3O. The number of piperidine rings is 1. The van der Waals surface area contributed by atoms with E-state index in [4.69, 9.17) is 4.74 Å². The van der Waals surface area contributed by atoms with Crippen molar-refractivity contribution in [2.24, 2.45) is 5.92 Å². The molecule has 2 saturated heterocycles. The number of fused-ring (bicyclic) bond motifs is 1. The molecule has 0 aromatic carbocycles. The molecule has 0 unspecified atom stereocenters. The van der Waals surface area contributed by atoms with Gasteiger partial charge < -0.3 is 9.64 Å². The van der Waals surface area contributed by atoms with Gasteiger partial charge in [0.05, 0.1) is 12.2 Å². The molecule has 3 rings (SSSR count). The monoisotopic (exact) mass is 219 g/mol. The first-order valence-corrected chi connectivity index (χ1v) is 5.99. The maximum absolute atomic E-state index is 5.89.